The zero-order chi connectivity index (χ0) is 23.5. The smallest absolute Gasteiger partial charge is 0.168 e. The lowest BCUT2D eigenvalue weighted by Crippen LogP contribution is -2.34. The van der Waals surface area contributed by atoms with Crippen LogP contribution in [0.2, 0.25) is 0 Å². The quantitative estimate of drug-likeness (QED) is 0.409. The van der Waals surface area contributed by atoms with E-state index in [4.69, 9.17) is 4.74 Å². The summed E-state index contributed by atoms with van der Waals surface area (Å²) < 4.78 is 7.98. The second-order valence-corrected chi connectivity index (χ2v) is 9.10. The minimum absolute atomic E-state index is 0.0106. The van der Waals surface area contributed by atoms with Crippen LogP contribution in [-0.2, 0) is 6.42 Å². The standard InChI is InChI=1S/C27H29N5O2/c1-18(2)32-17-22(16-29-32)20-5-8-26-21(13-20)14-23(30-31-26)15-27(33)19-3-6-24(7-4-19)34-25-9-11-28-12-10-25/h3-8,13-14,16-18,25,28H,9-12,15H2,1-2H3. The van der Waals surface area contributed by atoms with Crippen molar-refractivity contribution in [1.82, 2.24) is 25.3 Å². The molecule has 1 fully saturated rings. The van der Waals surface area contributed by atoms with Gasteiger partial charge in [-0.15, -0.1) is 0 Å². The molecule has 34 heavy (non-hydrogen) atoms. The van der Waals surface area contributed by atoms with E-state index in [1.165, 1.54) is 0 Å². The second-order valence-electron chi connectivity index (χ2n) is 9.10. The van der Waals surface area contributed by atoms with Gasteiger partial charge in [0.2, 0.25) is 0 Å². The fourth-order valence-corrected chi connectivity index (χ4v) is 4.21. The molecule has 4 aromatic rings. The van der Waals surface area contributed by atoms with Crippen molar-refractivity contribution >= 4 is 16.7 Å². The van der Waals surface area contributed by atoms with E-state index in [-0.39, 0.29) is 18.3 Å². The number of nitrogens with zero attached hydrogens (tertiary/aromatic N) is 4. The first-order valence-electron chi connectivity index (χ1n) is 11.9. The van der Waals surface area contributed by atoms with Gasteiger partial charge >= 0.3 is 0 Å². The third-order valence-corrected chi connectivity index (χ3v) is 6.21. The first kappa shape index (κ1) is 22.2. The van der Waals surface area contributed by atoms with Crippen molar-refractivity contribution in [3.63, 3.8) is 0 Å². The van der Waals surface area contributed by atoms with Gasteiger partial charge in [0.1, 0.15) is 11.9 Å². The predicted molar refractivity (Wildman–Crippen MR) is 132 cm³/mol. The Hall–Kier alpha value is -3.58. The fraction of sp³-hybridized carbons (Fsp3) is 0.333. The van der Waals surface area contributed by atoms with E-state index in [9.17, 15) is 4.79 Å². The molecule has 0 atom stereocenters. The molecule has 5 rings (SSSR count). The number of ketones is 1. The van der Waals surface area contributed by atoms with Gasteiger partial charge in [0.05, 0.1) is 23.8 Å². The molecular formula is C27H29N5O2. The van der Waals surface area contributed by atoms with E-state index in [2.05, 4.69) is 40.5 Å². The molecule has 7 heteroatoms. The summed E-state index contributed by atoms with van der Waals surface area (Å²) in [5, 5.41) is 17.3. The number of aromatic nitrogens is 4. The molecule has 0 unspecified atom stereocenters. The second kappa shape index (κ2) is 9.73. The number of ether oxygens (including phenoxy) is 1. The Morgan fingerprint density at radius 1 is 1.06 bits per heavy atom. The van der Waals surface area contributed by atoms with Gasteiger partial charge in [-0.1, -0.05) is 6.07 Å². The average molecular weight is 456 g/mol. The van der Waals surface area contributed by atoms with Crippen LogP contribution < -0.4 is 10.1 Å². The predicted octanol–water partition coefficient (Wildman–Crippen LogP) is 4.63. The molecule has 0 spiro atoms. The van der Waals surface area contributed by atoms with E-state index in [0.29, 0.717) is 17.3 Å². The first-order valence-corrected chi connectivity index (χ1v) is 11.9. The topological polar surface area (TPSA) is 81.9 Å². The number of fused-ring (bicyclic) bond motifs is 1. The van der Waals surface area contributed by atoms with Gasteiger partial charge in [0.15, 0.2) is 5.78 Å². The van der Waals surface area contributed by atoms with Crippen molar-refractivity contribution in [3.8, 4) is 16.9 Å². The lowest BCUT2D eigenvalue weighted by atomic mass is 10.0. The Morgan fingerprint density at radius 3 is 2.59 bits per heavy atom. The van der Waals surface area contributed by atoms with Crippen LogP contribution in [0, 0.1) is 0 Å². The largest absolute Gasteiger partial charge is 0.490 e. The highest BCUT2D eigenvalue weighted by atomic mass is 16.5. The lowest BCUT2D eigenvalue weighted by Gasteiger charge is -2.23. The van der Waals surface area contributed by atoms with Gasteiger partial charge in [-0.3, -0.25) is 9.48 Å². The summed E-state index contributed by atoms with van der Waals surface area (Å²) in [4.78, 5) is 12.9. The Balaban J connectivity index is 1.29. The Labute approximate surface area is 199 Å². The molecule has 1 saturated heterocycles. The van der Waals surface area contributed by atoms with Crippen molar-refractivity contribution in [3.05, 3.63) is 72.2 Å². The normalized spacial score (nSPS) is 14.6. The van der Waals surface area contributed by atoms with Gasteiger partial charge in [0.25, 0.3) is 0 Å². The third-order valence-electron chi connectivity index (χ3n) is 6.21. The summed E-state index contributed by atoms with van der Waals surface area (Å²) in [5.74, 6) is 0.818. The molecule has 1 aliphatic heterocycles. The summed E-state index contributed by atoms with van der Waals surface area (Å²) in [6.45, 7) is 6.17. The van der Waals surface area contributed by atoms with Crippen molar-refractivity contribution in [1.29, 1.82) is 0 Å². The van der Waals surface area contributed by atoms with Crippen LogP contribution in [0.4, 0.5) is 0 Å². The minimum Gasteiger partial charge on any atom is -0.490 e. The number of benzene rings is 2. The van der Waals surface area contributed by atoms with Gasteiger partial charge in [-0.25, -0.2) is 0 Å². The van der Waals surface area contributed by atoms with E-state index < -0.39 is 0 Å². The number of hydrogen-bond donors (Lipinski definition) is 1. The summed E-state index contributed by atoms with van der Waals surface area (Å²) in [6, 6.07) is 15.7. The molecule has 1 aliphatic rings. The molecule has 1 N–H and O–H groups in total. The van der Waals surface area contributed by atoms with Crippen LogP contribution in [0.25, 0.3) is 22.0 Å². The maximum Gasteiger partial charge on any atom is 0.168 e. The SMILES string of the molecule is CC(C)n1cc(-c2ccc3nnc(CC(=O)c4ccc(OC5CCNCC5)cc4)cc3c2)cn1. The maximum atomic E-state index is 12.9. The molecule has 0 saturated carbocycles. The van der Waals surface area contributed by atoms with Crippen LogP contribution in [0.3, 0.4) is 0 Å². The molecule has 174 valence electrons. The van der Waals surface area contributed by atoms with Crippen LogP contribution in [0.15, 0.2) is 60.9 Å². The van der Waals surface area contributed by atoms with E-state index in [1.807, 2.05) is 59.5 Å². The molecule has 7 nitrogen and oxygen atoms in total. The van der Waals surface area contributed by atoms with E-state index in [0.717, 1.165) is 53.7 Å². The molecule has 3 heterocycles. The highest BCUT2D eigenvalue weighted by Crippen LogP contribution is 2.25. The van der Waals surface area contributed by atoms with Crippen molar-refractivity contribution in [2.75, 3.05) is 13.1 Å². The number of piperidine rings is 1. The van der Waals surface area contributed by atoms with Gasteiger partial charge < -0.3 is 10.1 Å². The maximum absolute atomic E-state index is 12.9. The molecule has 2 aromatic heterocycles. The third kappa shape index (κ3) is 4.99. The summed E-state index contributed by atoms with van der Waals surface area (Å²) in [5.41, 5.74) is 4.22. The number of rotatable bonds is 7. The molecule has 2 aromatic carbocycles. The molecule has 0 amide bonds. The Bertz CT molecular complexity index is 1290. The summed E-state index contributed by atoms with van der Waals surface area (Å²) >= 11 is 0. The lowest BCUT2D eigenvalue weighted by molar-refractivity contribution is 0.0991. The van der Waals surface area contributed by atoms with Crippen LogP contribution >= 0.6 is 0 Å². The van der Waals surface area contributed by atoms with E-state index >= 15 is 0 Å². The van der Waals surface area contributed by atoms with Crippen molar-refractivity contribution < 1.29 is 9.53 Å². The van der Waals surface area contributed by atoms with Crippen molar-refractivity contribution in [2.24, 2.45) is 0 Å². The number of Topliss-reactive ketones (excluding diaryl/α,β-unsaturated/α-hetero) is 1. The average Bonchev–Trinajstić information content (AvgIpc) is 3.36. The minimum atomic E-state index is 0.0106. The van der Waals surface area contributed by atoms with Gasteiger partial charge in [-0.2, -0.15) is 15.3 Å². The number of nitrogens with one attached hydrogen (secondary N) is 1. The molecular weight excluding hydrogens is 426 g/mol. The summed E-state index contributed by atoms with van der Waals surface area (Å²) in [6.07, 6.45) is 6.36. The molecule has 0 aliphatic carbocycles. The van der Waals surface area contributed by atoms with Crippen molar-refractivity contribution in [2.45, 2.75) is 45.3 Å². The van der Waals surface area contributed by atoms with E-state index in [1.54, 1.807) is 0 Å². The monoisotopic (exact) mass is 455 g/mol. The summed E-state index contributed by atoms with van der Waals surface area (Å²) in [7, 11) is 0. The zero-order valence-electron chi connectivity index (χ0n) is 19.6. The van der Waals surface area contributed by atoms with Crippen LogP contribution in [0.1, 0.15) is 48.8 Å². The van der Waals surface area contributed by atoms with Crippen LogP contribution in [0.5, 0.6) is 5.75 Å². The molecule has 0 bridgehead atoms. The Morgan fingerprint density at radius 2 is 1.85 bits per heavy atom. The highest BCUT2D eigenvalue weighted by Gasteiger charge is 2.15. The fourth-order valence-electron chi connectivity index (χ4n) is 4.21. The molecule has 0 radical (unpaired) electrons. The zero-order valence-corrected chi connectivity index (χ0v) is 19.6. The first-order chi connectivity index (χ1) is 16.5. The van der Waals surface area contributed by atoms with Gasteiger partial charge in [-0.05, 0) is 87.8 Å². The number of carbonyl (C=O) groups excluding carboxylic acids is 1. The number of carbonyl (C=O) groups is 1. The van der Waals surface area contributed by atoms with Gasteiger partial charge in [0, 0.05) is 28.8 Å². The Kier molecular flexibility index (Phi) is 6.36. The van der Waals surface area contributed by atoms with Crippen LogP contribution in [-0.4, -0.2) is 45.0 Å². The number of hydrogen-bond acceptors (Lipinski definition) is 6. The highest BCUT2D eigenvalue weighted by molar-refractivity contribution is 5.97.